The Kier molecular flexibility index (Phi) is 6.38. The quantitative estimate of drug-likeness (QED) is 0.232. The molecule has 0 aliphatic heterocycles. The molecule has 0 spiro atoms. The van der Waals surface area contributed by atoms with E-state index in [1.54, 1.807) is 23.5 Å². The molecule has 0 bridgehead atoms. The van der Waals surface area contributed by atoms with Gasteiger partial charge in [-0.3, -0.25) is 4.79 Å². The van der Waals surface area contributed by atoms with Crippen LogP contribution in [0.2, 0.25) is 0 Å². The van der Waals surface area contributed by atoms with E-state index < -0.39 is 5.97 Å². The van der Waals surface area contributed by atoms with Crippen molar-refractivity contribution in [2.45, 2.75) is 19.4 Å². The van der Waals surface area contributed by atoms with Gasteiger partial charge in [-0.25, -0.2) is 9.42 Å². The SMILES string of the molecule is C[C@H](NC(=O)c1cc(-c2cnon2)cc2scc(Cc3ccc4ccccc4c3)c12)c1ccc(C(=O)O)cc1. The maximum Gasteiger partial charge on any atom is 0.335 e. The number of thiophene rings is 1. The first kappa shape index (κ1) is 24.5. The van der Waals surface area contributed by atoms with Crippen molar-refractivity contribution in [1.29, 1.82) is 0 Å². The third kappa shape index (κ3) is 4.89. The average molecular weight is 534 g/mol. The number of carbonyl (C=O) groups excluding carboxylic acids is 1. The first-order valence-electron chi connectivity index (χ1n) is 12.4. The van der Waals surface area contributed by atoms with Gasteiger partial charge in [-0.15, -0.1) is 11.3 Å². The summed E-state index contributed by atoms with van der Waals surface area (Å²) in [5.41, 5.74) is 5.07. The number of fused-ring (bicyclic) bond motifs is 2. The summed E-state index contributed by atoms with van der Waals surface area (Å²) in [5.74, 6) is -1.22. The number of carboxylic acid groups (broad SMARTS) is 1. The summed E-state index contributed by atoms with van der Waals surface area (Å²) < 4.78 is 5.78. The lowest BCUT2D eigenvalue weighted by molar-refractivity contribution is 0.0696. The summed E-state index contributed by atoms with van der Waals surface area (Å²) in [5, 5.41) is 25.3. The fourth-order valence-corrected chi connectivity index (χ4v) is 5.85. The van der Waals surface area contributed by atoms with Crippen LogP contribution in [0.15, 0.2) is 95.1 Å². The molecule has 0 fully saturated rings. The van der Waals surface area contributed by atoms with Gasteiger partial charge in [0.2, 0.25) is 0 Å². The van der Waals surface area contributed by atoms with Gasteiger partial charge in [-0.05, 0) is 75.6 Å². The van der Waals surface area contributed by atoms with Crippen LogP contribution in [0.5, 0.6) is 0 Å². The van der Waals surface area contributed by atoms with E-state index in [2.05, 4.69) is 51.3 Å². The number of nitrogens with one attached hydrogen (secondary N) is 1. The zero-order valence-electron chi connectivity index (χ0n) is 20.9. The van der Waals surface area contributed by atoms with E-state index in [1.807, 2.05) is 31.2 Å². The van der Waals surface area contributed by atoms with E-state index in [0.717, 1.165) is 32.3 Å². The summed E-state index contributed by atoms with van der Waals surface area (Å²) in [6.07, 6.45) is 2.21. The van der Waals surface area contributed by atoms with Gasteiger partial charge < -0.3 is 10.4 Å². The highest BCUT2D eigenvalue weighted by Gasteiger charge is 2.20. The van der Waals surface area contributed by atoms with Crippen molar-refractivity contribution in [3.05, 3.63) is 118 Å². The van der Waals surface area contributed by atoms with E-state index in [4.69, 9.17) is 4.63 Å². The summed E-state index contributed by atoms with van der Waals surface area (Å²) in [6, 6.07) is 24.7. The molecule has 7 nitrogen and oxygen atoms in total. The van der Waals surface area contributed by atoms with Crippen LogP contribution in [-0.4, -0.2) is 27.3 Å². The number of carbonyl (C=O) groups is 2. The van der Waals surface area contributed by atoms with Gasteiger partial charge in [-0.1, -0.05) is 59.8 Å². The molecular formula is C31H23N3O4S. The highest BCUT2D eigenvalue weighted by atomic mass is 32.1. The largest absolute Gasteiger partial charge is 0.478 e. The Morgan fingerprint density at radius 1 is 1.00 bits per heavy atom. The molecule has 39 heavy (non-hydrogen) atoms. The molecule has 2 heterocycles. The molecular weight excluding hydrogens is 510 g/mol. The zero-order chi connectivity index (χ0) is 26.9. The first-order chi connectivity index (χ1) is 19.0. The average Bonchev–Trinajstić information content (AvgIpc) is 3.63. The maximum atomic E-state index is 13.8. The summed E-state index contributed by atoms with van der Waals surface area (Å²) >= 11 is 1.58. The molecule has 0 aliphatic carbocycles. The van der Waals surface area contributed by atoms with Crippen LogP contribution in [0, 0.1) is 0 Å². The predicted molar refractivity (Wildman–Crippen MR) is 151 cm³/mol. The van der Waals surface area contributed by atoms with Crippen molar-refractivity contribution >= 4 is 44.1 Å². The number of carboxylic acids is 1. The molecule has 6 aromatic rings. The van der Waals surface area contributed by atoms with Crippen LogP contribution < -0.4 is 5.32 Å². The van der Waals surface area contributed by atoms with E-state index in [0.29, 0.717) is 17.7 Å². The lowest BCUT2D eigenvalue weighted by Crippen LogP contribution is -2.27. The molecule has 0 aliphatic rings. The van der Waals surface area contributed by atoms with Crippen molar-refractivity contribution in [3.8, 4) is 11.3 Å². The van der Waals surface area contributed by atoms with Gasteiger partial charge in [0.1, 0.15) is 5.69 Å². The van der Waals surface area contributed by atoms with Gasteiger partial charge >= 0.3 is 5.97 Å². The molecule has 2 N–H and O–H groups in total. The van der Waals surface area contributed by atoms with Crippen LogP contribution in [0.1, 0.15) is 50.4 Å². The summed E-state index contributed by atoms with van der Waals surface area (Å²) in [7, 11) is 0. The second kappa shape index (κ2) is 10.2. The highest BCUT2D eigenvalue weighted by molar-refractivity contribution is 7.17. The van der Waals surface area contributed by atoms with Crippen molar-refractivity contribution in [1.82, 2.24) is 15.6 Å². The number of aromatic carboxylic acids is 1. The second-order valence-electron chi connectivity index (χ2n) is 9.43. The summed E-state index contributed by atoms with van der Waals surface area (Å²) in [4.78, 5) is 25.0. The number of nitrogens with zero attached hydrogens (tertiary/aromatic N) is 2. The third-order valence-electron chi connectivity index (χ3n) is 6.87. The zero-order valence-corrected chi connectivity index (χ0v) is 21.7. The summed E-state index contributed by atoms with van der Waals surface area (Å²) in [6.45, 7) is 1.87. The minimum absolute atomic E-state index is 0.199. The number of rotatable bonds is 7. The van der Waals surface area contributed by atoms with Crippen LogP contribution in [0.3, 0.4) is 0 Å². The normalized spacial score (nSPS) is 12.0. The smallest absolute Gasteiger partial charge is 0.335 e. The molecule has 1 atom stereocenters. The Hall–Kier alpha value is -4.82. The fourth-order valence-electron chi connectivity index (χ4n) is 4.82. The molecule has 8 heteroatoms. The molecule has 0 radical (unpaired) electrons. The Bertz CT molecular complexity index is 1820. The fraction of sp³-hybridized carbons (Fsp3) is 0.0968. The minimum atomic E-state index is -0.990. The van der Waals surface area contributed by atoms with E-state index in [-0.39, 0.29) is 17.5 Å². The van der Waals surface area contributed by atoms with Gasteiger partial charge in [0.05, 0.1) is 17.8 Å². The lowest BCUT2D eigenvalue weighted by atomic mass is 9.96. The number of amides is 1. The van der Waals surface area contributed by atoms with Gasteiger partial charge in [-0.2, -0.15) is 0 Å². The van der Waals surface area contributed by atoms with E-state index in [9.17, 15) is 14.7 Å². The van der Waals surface area contributed by atoms with E-state index in [1.165, 1.54) is 29.1 Å². The lowest BCUT2D eigenvalue weighted by Gasteiger charge is -2.16. The standard InChI is InChI=1S/C31H23N3O4S/c1-18(20-8-10-22(11-9-20)31(36)37)33-30(35)26-14-24(27-16-32-38-34-27)15-28-29(26)25(17-39-28)13-19-6-7-21-4-2-3-5-23(21)12-19/h2-12,14-18H,13H2,1H3,(H,33,35)(H,36,37)/t18-/m0/s1. The van der Waals surface area contributed by atoms with Crippen LogP contribution in [-0.2, 0) is 6.42 Å². The maximum absolute atomic E-state index is 13.8. The van der Waals surface area contributed by atoms with Crippen LogP contribution in [0.25, 0.3) is 32.1 Å². The van der Waals surface area contributed by atoms with E-state index >= 15 is 0 Å². The number of aromatic nitrogens is 2. The predicted octanol–water partition coefficient (Wildman–Crippen LogP) is 6.88. The van der Waals surface area contributed by atoms with Crippen molar-refractivity contribution < 1.29 is 19.3 Å². The first-order valence-corrected chi connectivity index (χ1v) is 13.3. The molecule has 192 valence electrons. The highest BCUT2D eigenvalue weighted by Crippen LogP contribution is 2.35. The Morgan fingerprint density at radius 3 is 2.54 bits per heavy atom. The molecule has 0 saturated heterocycles. The van der Waals surface area contributed by atoms with Gasteiger partial charge in [0.15, 0.2) is 0 Å². The molecule has 0 unspecified atom stereocenters. The second-order valence-corrected chi connectivity index (χ2v) is 10.3. The number of hydrogen-bond donors (Lipinski definition) is 2. The van der Waals surface area contributed by atoms with Crippen LogP contribution in [0.4, 0.5) is 0 Å². The van der Waals surface area contributed by atoms with Gasteiger partial charge in [0, 0.05) is 21.2 Å². The minimum Gasteiger partial charge on any atom is -0.478 e. The molecule has 2 aromatic heterocycles. The van der Waals surface area contributed by atoms with Gasteiger partial charge in [0.25, 0.3) is 5.91 Å². The van der Waals surface area contributed by atoms with Crippen LogP contribution >= 0.6 is 11.3 Å². The monoisotopic (exact) mass is 533 g/mol. The number of benzene rings is 4. The van der Waals surface area contributed by atoms with Crippen molar-refractivity contribution in [2.24, 2.45) is 0 Å². The molecule has 0 saturated carbocycles. The molecule has 6 rings (SSSR count). The third-order valence-corrected chi connectivity index (χ3v) is 7.85. The topological polar surface area (TPSA) is 105 Å². The number of hydrogen-bond acceptors (Lipinski definition) is 6. The molecule has 4 aromatic carbocycles. The molecule has 1 amide bonds. The Labute approximate surface area is 227 Å². The van der Waals surface area contributed by atoms with Crippen molar-refractivity contribution in [2.75, 3.05) is 0 Å². The Balaban J connectivity index is 1.38. The Morgan fingerprint density at radius 2 is 1.79 bits per heavy atom. The van der Waals surface area contributed by atoms with Crippen molar-refractivity contribution in [3.63, 3.8) is 0 Å².